The Morgan fingerprint density at radius 3 is 2.33 bits per heavy atom. The summed E-state index contributed by atoms with van der Waals surface area (Å²) in [5.41, 5.74) is 9.51. The number of ether oxygens (including phenoxy) is 1. The molecule has 0 saturated carbocycles. The minimum absolute atomic E-state index is 0.0678. The van der Waals surface area contributed by atoms with Crippen LogP contribution >= 0.6 is 0 Å². The molecule has 0 heterocycles. The zero-order valence-electron chi connectivity index (χ0n) is 10.4. The van der Waals surface area contributed by atoms with Crippen molar-refractivity contribution in [3.8, 4) is 5.75 Å². The molecule has 0 unspecified atom stereocenters. The third kappa shape index (κ3) is 3.02. The number of aliphatic hydroxyl groups excluding tert-OH is 1. The summed E-state index contributed by atoms with van der Waals surface area (Å²) in [6, 6.07) is 13.3. The number of rotatable bonds is 4. The van der Waals surface area contributed by atoms with Crippen LogP contribution in [0.3, 0.4) is 0 Å². The molecule has 0 fully saturated rings. The molecular formula is C15H17NO2. The topological polar surface area (TPSA) is 55.5 Å². The fraction of sp³-hybridized carbons (Fsp3) is 0.200. The van der Waals surface area contributed by atoms with Gasteiger partial charge in [-0.2, -0.15) is 0 Å². The highest BCUT2D eigenvalue weighted by molar-refractivity contribution is 5.49. The highest BCUT2D eigenvalue weighted by atomic mass is 16.5. The van der Waals surface area contributed by atoms with Crippen LogP contribution < -0.4 is 10.5 Å². The van der Waals surface area contributed by atoms with E-state index in [1.807, 2.05) is 49.4 Å². The first-order chi connectivity index (χ1) is 8.69. The zero-order chi connectivity index (χ0) is 13.0. The van der Waals surface area contributed by atoms with Crippen LogP contribution in [0.4, 0.5) is 5.69 Å². The molecule has 2 rings (SSSR count). The van der Waals surface area contributed by atoms with E-state index >= 15 is 0 Å². The van der Waals surface area contributed by atoms with Crippen LogP contribution in [0, 0.1) is 6.92 Å². The highest BCUT2D eigenvalue weighted by Crippen LogP contribution is 2.19. The van der Waals surface area contributed by atoms with Crippen LogP contribution in [-0.4, -0.2) is 5.11 Å². The van der Waals surface area contributed by atoms with E-state index in [2.05, 4.69) is 0 Å². The number of anilines is 1. The minimum Gasteiger partial charge on any atom is -0.489 e. The molecule has 0 aliphatic rings. The van der Waals surface area contributed by atoms with Crippen molar-refractivity contribution < 1.29 is 9.84 Å². The lowest BCUT2D eigenvalue weighted by atomic mass is 10.1. The highest BCUT2D eigenvalue weighted by Gasteiger charge is 1.99. The monoisotopic (exact) mass is 243 g/mol. The second-order valence-electron chi connectivity index (χ2n) is 4.28. The van der Waals surface area contributed by atoms with Gasteiger partial charge in [-0.3, -0.25) is 0 Å². The van der Waals surface area contributed by atoms with Crippen LogP contribution in [0.15, 0.2) is 42.5 Å². The maximum absolute atomic E-state index is 8.95. The second kappa shape index (κ2) is 5.56. The summed E-state index contributed by atoms with van der Waals surface area (Å²) < 4.78 is 5.68. The molecule has 94 valence electrons. The molecule has 3 nitrogen and oxygen atoms in total. The van der Waals surface area contributed by atoms with Crippen LogP contribution in [0.25, 0.3) is 0 Å². The number of aliphatic hydroxyl groups is 1. The van der Waals surface area contributed by atoms with Gasteiger partial charge < -0.3 is 15.6 Å². The molecule has 0 aliphatic heterocycles. The van der Waals surface area contributed by atoms with E-state index in [9.17, 15) is 0 Å². The summed E-state index contributed by atoms with van der Waals surface area (Å²) in [4.78, 5) is 0. The Kier molecular flexibility index (Phi) is 3.85. The second-order valence-corrected chi connectivity index (χ2v) is 4.28. The zero-order valence-corrected chi connectivity index (χ0v) is 10.4. The molecule has 0 amide bonds. The van der Waals surface area contributed by atoms with Crippen molar-refractivity contribution in [2.24, 2.45) is 0 Å². The maximum Gasteiger partial charge on any atom is 0.120 e. The van der Waals surface area contributed by atoms with E-state index in [1.165, 1.54) is 0 Å². The Labute approximate surface area is 107 Å². The molecule has 18 heavy (non-hydrogen) atoms. The molecule has 0 aromatic heterocycles. The quantitative estimate of drug-likeness (QED) is 0.812. The van der Waals surface area contributed by atoms with Crippen molar-refractivity contribution in [3.05, 3.63) is 59.2 Å². The summed E-state index contributed by atoms with van der Waals surface area (Å²) in [7, 11) is 0. The van der Waals surface area contributed by atoms with Crippen molar-refractivity contribution >= 4 is 5.69 Å². The molecular weight excluding hydrogens is 226 g/mol. The Balaban J connectivity index is 1.99. The summed E-state index contributed by atoms with van der Waals surface area (Å²) >= 11 is 0. The minimum atomic E-state index is 0.0678. The van der Waals surface area contributed by atoms with E-state index in [4.69, 9.17) is 15.6 Å². The van der Waals surface area contributed by atoms with Gasteiger partial charge >= 0.3 is 0 Å². The van der Waals surface area contributed by atoms with E-state index in [0.29, 0.717) is 6.61 Å². The first kappa shape index (κ1) is 12.5. The molecule has 3 N–H and O–H groups in total. The largest absolute Gasteiger partial charge is 0.489 e. The van der Waals surface area contributed by atoms with Gasteiger partial charge in [0.2, 0.25) is 0 Å². The lowest BCUT2D eigenvalue weighted by molar-refractivity contribution is 0.281. The van der Waals surface area contributed by atoms with Gasteiger partial charge in [0, 0.05) is 5.69 Å². The molecule has 0 aliphatic carbocycles. The predicted molar refractivity (Wildman–Crippen MR) is 72.3 cm³/mol. The van der Waals surface area contributed by atoms with Crippen molar-refractivity contribution in [1.82, 2.24) is 0 Å². The molecule has 0 saturated heterocycles. The predicted octanol–water partition coefficient (Wildman–Crippen LogP) is 2.65. The molecule has 0 spiro atoms. The first-order valence-corrected chi connectivity index (χ1v) is 5.86. The average molecular weight is 243 g/mol. The first-order valence-electron chi connectivity index (χ1n) is 5.86. The van der Waals surface area contributed by atoms with Crippen molar-refractivity contribution in [1.29, 1.82) is 0 Å². The third-order valence-electron chi connectivity index (χ3n) is 2.85. The summed E-state index contributed by atoms with van der Waals surface area (Å²) in [5, 5.41) is 8.95. The van der Waals surface area contributed by atoms with Gasteiger partial charge in [0.05, 0.1) is 6.61 Å². The summed E-state index contributed by atoms with van der Waals surface area (Å²) in [6.45, 7) is 2.53. The van der Waals surface area contributed by atoms with E-state index in [-0.39, 0.29) is 6.61 Å². The molecule has 2 aromatic carbocycles. The lowest BCUT2D eigenvalue weighted by Crippen LogP contribution is -1.97. The van der Waals surface area contributed by atoms with Gasteiger partial charge in [-0.1, -0.05) is 24.3 Å². The Hall–Kier alpha value is -2.00. The van der Waals surface area contributed by atoms with Crippen molar-refractivity contribution in [2.45, 2.75) is 20.1 Å². The summed E-state index contributed by atoms with van der Waals surface area (Å²) in [6.07, 6.45) is 0. The average Bonchev–Trinajstić information content (AvgIpc) is 2.41. The Morgan fingerprint density at radius 1 is 1.06 bits per heavy atom. The van der Waals surface area contributed by atoms with Crippen LogP contribution in [0.5, 0.6) is 5.75 Å². The Bertz CT molecular complexity index is 521. The smallest absolute Gasteiger partial charge is 0.120 e. The third-order valence-corrected chi connectivity index (χ3v) is 2.85. The van der Waals surface area contributed by atoms with E-state index in [1.54, 1.807) is 0 Å². The van der Waals surface area contributed by atoms with Gasteiger partial charge in [-0.25, -0.2) is 0 Å². The van der Waals surface area contributed by atoms with Gasteiger partial charge in [0.1, 0.15) is 12.4 Å². The van der Waals surface area contributed by atoms with Gasteiger partial charge in [0.15, 0.2) is 0 Å². The number of hydrogen-bond donors (Lipinski definition) is 2. The number of hydrogen-bond acceptors (Lipinski definition) is 3. The lowest BCUT2D eigenvalue weighted by Gasteiger charge is -2.08. The van der Waals surface area contributed by atoms with Gasteiger partial charge in [0.25, 0.3) is 0 Å². The van der Waals surface area contributed by atoms with Gasteiger partial charge in [-0.05, 0) is 41.8 Å². The number of nitrogen functional groups attached to an aromatic ring is 1. The molecule has 0 radical (unpaired) electrons. The summed E-state index contributed by atoms with van der Waals surface area (Å²) in [5.74, 6) is 0.813. The number of benzene rings is 2. The fourth-order valence-electron chi connectivity index (χ4n) is 1.65. The SMILES string of the molecule is Cc1cc(OCc2ccc(CO)cc2)ccc1N. The Morgan fingerprint density at radius 2 is 1.72 bits per heavy atom. The van der Waals surface area contributed by atoms with Crippen molar-refractivity contribution in [3.63, 3.8) is 0 Å². The number of nitrogens with two attached hydrogens (primary N) is 1. The van der Waals surface area contributed by atoms with Gasteiger partial charge in [-0.15, -0.1) is 0 Å². The number of aryl methyl sites for hydroxylation is 1. The molecule has 0 bridgehead atoms. The van der Waals surface area contributed by atoms with E-state index in [0.717, 1.165) is 28.1 Å². The molecule has 0 atom stereocenters. The fourth-order valence-corrected chi connectivity index (χ4v) is 1.65. The normalized spacial score (nSPS) is 10.3. The standard InChI is InChI=1S/C15H17NO2/c1-11-8-14(6-7-15(11)16)18-10-13-4-2-12(9-17)3-5-13/h2-8,17H,9-10,16H2,1H3. The van der Waals surface area contributed by atoms with Crippen molar-refractivity contribution in [2.75, 3.05) is 5.73 Å². The van der Waals surface area contributed by atoms with E-state index < -0.39 is 0 Å². The van der Waals surface area contributed by atoms with Crippen LogP contribution in [-0.2, 0) is 13.2 Å². The van der Waals surface area contributed by atoms with Crippen LogP contribution in [0.1, 0.15) is 16.7 Å². The molecule has 2 aromatic rings. The molecule has 3 heteroatoms. The maximum atomic E-state index is 8.95. The van der Waals surface area contributed by atoms with Crippen LogP contribution in [0.2, 0.25) is 0 Å².